The Morgan fingerprint density at radius 2 is 1.12 bits per heavy atom. The highest BCUT2D eigenvalue weighted by atomic mass is 16.5. The second-order valence-corrected chi connectivity index (χ2v) is 12.6. The molecule has 0 bridgehead atoms. The molecule has 4 aromatic carbocycles. The standard InChI is InChI=1S/C27H30O2.C15H22O3.C3H4O.C2H4O2.CH2O2/c1-3-4-5-6-7-11-20-28-25-18-16-23(17-19-25)24-15-14-22(2)27(21-24)29-26-12-9-8-10-13-26;1-13(16)14-7-9-15(10-8-14)18-12-6-4-3-5-11-17-2;1-2-3-4;1-2(3)4;2-1-3/h3,8-10,12-19,21H,1,4-7,11,20H2,2H3;7-10H,3-6,11-12H2,1-2H3;2-3H,1H2;1H3,(H,3,4);1H,(H,2,3). The topological polar surface area (TPSA) is 146 Å². The van der Waals surface area contributed by atoms with Gasteiger partial charge in [0.25, 0.3) is 12.4 Å². The van der Waals surface area contributed by atoms with Crippen LogP contribution in [0, 0.1) is 6.92 Å². The third-order valence-corrected chi connectivity index (χ3v) is 7.79. The van der Waals surface area contributed by atoms with Crippen molar-refractivity contribution in [3.05, 3.63) is 133 Å². The van der Waals surface area contributed by atoms with Gasteiger partial charge in [0, 0.05) is 26.2 Å². The number of methoxy groups -OCH3 is 1. The maximum atomic E-state index is 11.1. The zero-order valence-electron chi connectivity index (χ0n) is 34.6. The van der Waals surface area contributed by atoms with E-state index in [-0.39, 0.29) is 12.3 Å². The van der Waals surface area contributed by atoms with Crippen molar-refractivity contribution in [2.24, 2.45) is 0 Å². The van der Waals surface area contributed by atoms with Gasteiger partial charge in [-0.25, -0.2) is 0 Å². The molecule has 0 saturated heterocycles. The van der Waals surface area contributed by atoms with Crippen LogP contribution in [0.15, 0.2) is 122 Å². The Balaban J connectivity index is 0.000000950. The molecule has 0 aromatic heterocycles. The summed E-state index contributed by atoms with van der Waals surface area (Å²) in [5, 5.41) is 14.3. The molecule has 2 N–H and O–H groups in total. The molecule has 0 unspecified atom stereocenters. The average Bonchev–Trinajstić information content (AvgIpc) is 3.22. The fourth-order valence-corrected chi connectivity index (χ4v) is 4.86. The number of aliphatic carboxylic acids is 1. The summed E-state index contributed by atoms with van der Waals surface area (Å²) in [5.74, 6) is 2.73. The first-order valence-electron chi connectivity index (χ1n) is 19.3. The molecule has 0 atom stereocenters. The molecule has 10 nitrogen and oxygen atoms in total. The van der Waals surface area contributed by atoms with E-state index >= 15 is 0 Å². The number of carbonyl (C=O) groups is 4. The quantitative estimate of drug-likeness (QED) is 0.0274. The van der Waals surface area contributed by atoms with Crippen molar-refractivity contribution in [2.45, 2.75) is 78.6 Å². The molecule has 4 aromatic rings. The van der Waals surface area contributed by atoms with Crippen LogP contribution in [0.1, 0.15) is 87.6 Å². The molecule has 0 saturated carbocycles. The smallest absolute Gasteiger partial charge is 0.300 e. The number of aldehydes is 1. The molecule has 10 heteroatoms. The van der Waals surface area contributed by atoms with Crippen molar-refractivity contribution in [1.82, 2.24) is 0 Å². The van der Waals surface area contributed by atoms with E-state index in [0.29, 0.717) is 6.29 Å². The van der Waals surface area contributed by atoms with Crippen LogP contribution in [-0.4, -0.2) is 61.7 Å². The molecular weight excluding hydrogens is 737 g/mol. The second-order valence-electron chi connectivity index (χ2n) is 12.6. The number of carbonyl (C=O) groups excluding carboxylic acids is 2. The van der Waals surface area contributed by atoms with E-state index in [9.17, 15) is 4.79 Å². The van der Waals surface area contributed by atoms with Gasteiger partial charge in [0.15, 0.2) is 5.78 Å². The summed E-state index contributed by atoms with van der Waals surface area (Å²) in [7, 11) is 1.73. The van der Waals surface area contributed by atoms with Crippen molar-refractivity contribution < 1.29 is 48.3 Å². The van der Waals surface area contributed by atoms with Crippen LogP contribution < -0.4 is 14.2 Å². The number of hydrogen-bond acceptors (Lipinski definition) is 8. The molecule has 0 fully saturated rings. The molecule has 4 rings (SSSR count). The van der Waals surface area contributed by atoms with Gasteiger partial charge in [-0.1, -0.05) is 74.4 Å². The summed E-state index contributed by atoms with van der Waals surface area (Å²) < 4.78 is 22.5. The first-order valence-corrected chi connectivity index (χ1v) is 19.3. The molecular formula is C48H62O10. The number of benzene rings is 4. The van der Waals surface area contributed by atoms with Crippen LogP contribution in [0.3, 0.4) is 0 Å². The summed E-state index contributed by atoms with van der Waals surface area (Å²) in [5.41, 5.74) is 4.13. The van der Waals surface area contributed by atoms with Crippen LogP contribution in [0.4, 0.5) is 0 Å². The Labute approximate surface area is 345 Å². The number of para-hydroxylation sites is 1. The Morgan fingerprint density at radius 1 is 0.655 bits per heavy atom. The molecule has 0 amide bonds. The van der Waals surface area contributed by atoms with Gasteiger partial charge in [-0.05, 0) is 130 Å². The van der Waals surface area contributed by atoms with Gasteiger partial charge in [-0.2, -0.15) is 0 Å². The number of unbranched alkanes of at least 4 members (excludes halogenated alkanes) is 7. The molecule has 0 spiro atoms. The normalized spacial score (nSPS) is 9.45. The molecule has 0 aliphatic carbocycles. The summed E-state index contributed by atoms with van der Waals surface area (Å²) >= 11 is 0. The third kappa shape index (κ3) is 27.6. The van der Waals surface area contributed by atoms with Gasteiger partial charge in [0.2, 0.25) is 0 Å². The number of rotatable bonds is 21. The molecule has 0 heterocycles. The predicted molar refractivity (Wildman–Crippen MR) is 232 cm³/mol. The largest absolute Gasteiger partial charge is 0.494 e. The Kier molecular flexibility index (Phi) is 31.8. The SMILES string of the molecule is C=CC=O.C=CCCCCCCOc1ccc(-c2ccc(C)c(Oc3ccccc3)c2)cc1.CC(=O)O.COCCCCCCOc1ccc(C(C)=O)cc1.O=CO. The highest BCUT2D eigenvalue weighted by molar-refractivity contribution is 5.94. The van der Waals surface area contributed by atoms with Gasteiger partial charge in [0.05, 0.1) is 13.2 Å². The number of ketones is 1. The highest BCUT2D eigenvalue weighted by Gasteiger charge is 2.06. The van der Waals surface area contributed by atoms with Crippen LogP contribution in [0.25, 0.3) is 11.1 Å². The molecule has 0 radical (unpaired) electrons. The minimum Gasteiger partial charge on any atom is -0.494 e. The fraction of sp³-hybridized carbons (Fsp3) is 0.333. The second kappa shape index (κ2) is 35.4. The lowest BCUT2D eigenvalue weighted by Crippen LogP contribution is -1.98. The van der Waals surface area contributed by atoms with Crippen molar-refractivity contribution in [2.75, 3.05) is 26.9 Å². The van der Waals surface area contributed by atoms with Crippen molar-refractivity contribution in [1.29, 1.82) is 0 Å². The highest BCUT2D eigenvalue weighted by Crippen LogP contribution is 2.31. The maximum Gasteiger partial charge on any atom is 0.300 e. The van der Waals surface area contributed by atoms with Gasteiger partial charge >= 0.3 is 0 Å². The van der Waals surface area contributed by atoms with E-state index in [1.54, 1.807) is 26.2 Å². The number of aryl methyl sites for hydroxylation is 1. The Bertz CT molecular complexity index is 1670. The van der Waals surface area contributed by atoms with Crippen molar-refractivity contribution >= 4 is 24.5 Å². The minimum absolute atomic E-state index is 0.0830. The maximum absolute atomic E-state index is 11.1. The summed E-state index contributed by atoms with van der Waals surface area (Å²) in [6, 6.07) is 31.8. The summed E-state index contributed by atoms with van der Waals surface area (Å²) in [6.45, 7) is 13.7. The van der Waals surface area contributed by atoms with Crippen molar-refractivity contribution in [3.8, 4) is 34.1 Å². The van der Waals surface area contributed by atoms with E-state index in [4.69, 9.17) is 43.5 Å². The number of carboxylic acids is 1. The van der Waals surface area contributed by atoms with E-state index in [0.717, 1.165) is 104 Å². The molecule has 0 aliphatic heterocycles. The van der Waals surface area contributed by atoms with E-state index in [2.05, 4.69) is 50.4 Å². The van der Waals surface area contributed by atoms with Gasteiger partial charge in [0.1, 0.15) is 29.3 Å². The Hall–Kier alpha value is -6.00. The number of carboxylic acid groups (broad SMARTS) is 2. The number of Topliss-reactive ketones (excluding diaryl/α,β-unsaturated/α-hetero) is 1. The van der Waals surface area contributed by atoms with Crippen molar-refractivity contribution in [3.63, 3.8) is 0 Å². The van der Waals surface area contributed by atoms with Gasteiger partial charge in [-0.15, -0.1) is 6.58 Å². The average molecular weight is 799 g/mol. The van der Waals surface area contributed by atoms with E-state index in [1.807, 2.05) is 60.7 Å². The van der Waals surface area contributed by atoms with Crippen LogP contribution in [0.2, 0.25) is 0 Å². The van der Waals surface area contributed by atoms with E-state index < -0.39 is 5.97 Å². The number of allylic oxidation sites excluding steroid dienone is 2. The number of ether oxygens (including phenoxy) is 4. The lowest BCUT2D eigenvalue weighted by atomic mass is 10.0. The first-order chi connectivity index (χ1) is 28.1. The first kappa shape index (κ1) is 52.0. The fourth-order valence-electron chi connectivity index (χ4n) is 4.86. The zero-order chi connectivity index (χ0) is 43.2. The van der Waals surface area contributed by atoms with E-state index in [1.165, 1.54) is 31.8 Å². The third-order valence-electron chi connectivity index (χ3n) is 7.79. The van der Waals surface area contributed by atoms with Gasteiger partial charge < -0.3 is 29.2 Å². The zero-order valence-corrected chi connectivity index (χ0v) is 34.6. The number of hydrogen-bond donors (Lipinski definition) is 2. The van der Waals surface area contributed by atoms with Gasteiger partial charge in [-0.3, -0.25) is 19.2 Å². The summed E-state index contributed by atoms with van der Waals surface area (Å²) in [4.78, 5) is 37.5. The summed E-state index contributed by atoms with van der Waals surface area (Å²) in [6.07, 6.45) is 14.2. The molecule has 58 heavy (non-hydrogen) atoms. The lowest BCUT2D eigenvalue weighted by molar-refractivity contribution is -0.134. The lowest BCUT2D eigenvalue weighted by Gasteiger charge is -2.12. The van der Waals surface area contributed by atoms with Crippen LogP contribution >= 0.6 is 0 Å². The minimum atomic E-state index is -0.833. The predicted octanol–water partition coefficient (Wildman–Crippen LogP) is 11.6. The van der Waals surface area contributed by atoms with Crippen LogP contribution in [0.5, 0.6) is 23.0 Å². The molecule has 314 valence electrons. The monoisotopic (exact) mass is 798 g/mol. The Morgan fingerprint density at radius 3 is 1.59 bits per heavy atom. The molecule has 0 aliphatic rings. The van der Waals surface area contributed by atoms with Crippen LogP contribution in [-0.2, 0) is 19.1 Å².